The van der Waals surface area contributed by atoms with Gasteiger partial charge in [-0.1, -0.05) is 0 Å². The summed E-state index contributed by atoms with van der Waals surface area (Å²) in [5.74, 6) is 0. The van der Waals surface area contributed by atoms with Gasteiger partial charge in [0.05, 0.1) is 33.9 Å². The van der Waals surface area contributed by atoms with Gasteiger partial charge in [0.25, 0.3) is 0 Å². The number of rotatable bonds is 4. The number of ether oxygens (including phenoxy) is 1. The van der Waals surface area contributed by atoms with Crippen LogP contribution in [0.15, 0.2) is 0 Å². The molecular formula is C8H18INO. The van der Waals surface area contributed by atoms with Crippen molar-refractivity contribution in [1.29, 1.82) is 0 Å². The number of likely N-dealkylation sites (N-methyl/N-ethyl adjacent to an activating group) is 1. The van der Waals surface area contributed by atoms with Crippen molar-refractivity contribution in [1.82, 2.24) is 0 Å². The van der Waals surface area contributed by atoms with Gasteiger partial charge >= 0.3 is 0 Å². The molecule has 0 N–H and O–H groups in total. The van der Waals surface area contributed by atoms with E-state index in [1.165, 1.54) is 12.8 Å². The van der Waals surface area contributed by atoms with Crippen LogP contribution in [-0.4, -0.2) is 44.9 Å². The molecule has 2 nitrogen and oxygen atoms in total. The standard InChI is InChI=1S/C8H18NO.HI/c1-9(2,3)6-7-10-8-4-5-8;/h8H,4-7H2,1-3H3;1H/q+1;/p-1. The van der Waals surface area contributed by atoms with Gasteiger partial charge < -0.3 is 33.2 Å². The van der Waals surface area contributed by atoms with Crippen LogP contribution in [0.1, 0.15) is 12.8 Å². The molecule has 0 atom stereocenters. The lowest BCUT2D eigenvalue weighted by molar-refractivity contribution is -0.870. The molecular weight excluding hydrogens is 253 g/mol. The summed E-state index contributed by atoms with van der Waals surface area (Å²) in [6, 6.07) is 0. The van der Waals surface area contributed by atoms with E-state index in [2.05, 4.69) is 21.1 Å². The Bertz CT molecular complexity index is 107. The van der Waals surface area contributed by atoms with Crippen molar-refractivity contribution in [3.8, 4) is 0 Å². The predicted octanol–water partition coefficient (Wildman–Crippen LogP) is -2.12. The fraction of sp³-hybridized carbons (Fsp3) is 1.00. The van der Waals surface area contributed by atoms with E-state index in [1.54, 1.807) is 0 Å². The molecule has 1 aliphatic rings. The molecule has 0 aromatic rings. The average molecular weight is 271 g/mol. The molecule has 0 unspecified atom stereocenters. The fourth-order valence-electron chi connectivity index (χ4n) is 0.728. The van der Waals surface area contributed by atoms with E-state index in [-0.39, 0.29) is 24.0 Å². The lowest BCUT2D eigenvalue weighted by Gasteiger charge is -2.23. The fourth-order valence-corrected chi connectivity index (χ4v) is 0.728. The van der Waals surface area contributed by atoms with Crippen LogP contribution in [0.5, 0.6) is 0 Å². The van der Waals surface area contributed by atoms with Gasteiger partial charge in [0.1, 0.15) is 6.54 Å². The number of quaternary nitrogens is 1. The molecule has 1 aliphatic carbocycles. The zero-order valence-corrected chi connectivity index (χ0v) is 9.80. The Morgan fingerprint density at radius 1 is 1.27 bits per heavy atom. The highest BCUT2D eigenvalue weighted by Crippen LogP contribution is 2.23. The van der Waals surface area contributed by atoms with Crippen LogP contribution in [0.3, 0.4) is 0 Å². The summed E-state index contributed by atoms with van der Waals surface area (Å²) in [6.07, 6.45) is 3.19. The second-order valence-corrected chi connectivity index (χ2v) is 4.08. The lowest BCUT2D eigenvalue weighted by Crippen LogP contribution is -3.00. The van der Waals surface area contributed by atoms with Crippen molar-refractivity contribution in [2.24, 2.45) is 0 Å². The van der Waals surface area contributed by atoms with Crippen LogP contribution in [0.2, 0.25) is 0 Å². The van der Waals surface area contributed by atoms with Crippen LogP contribution in [0, 0.1) is 0 Å². The van der Waals surface area contributed by atoms with E-state index in [0.29, 0.717) is 6.10 Å². The van der Waals surface area contributed by atoms with E-state index in [9.17, 15) is 0 Å². The maximum absolute atomic E-state index is 5.51. The van der Waals surface area contributed by atoms with Gasteiger partial charge in [-0.15, -0.1) is 0 Å². The van der Waals surface area contributed by atoms with E-state index in [1.807, 2.05) is 0 Å². The predicted molar refractivity (Wildman–Crippen MR) is 41.9 cm³/mol. The largest absolute Gasteiger partial charge is 1.00 e. The average Bonchev–Trinajstić information content (AvgIpc) is 2.45. The Balaban J connectivity index is 0.000001000. The summed E-state index contributed by atoms with van der Waals surface area (Å²) in [7, 11) is 6.57. The van der Waals surface area contributed by atoms with E-state index in [0.717, 1.165) is 17.6 Å². The molecule has 1 rings (SSSR count). The third kappa shape index (κ3) is 7.03. The molecule has 11 heavy (non-hydrogen) atoms. The van der Waals surface area contributed by atoms with Crippen LogP contribution in [0.4, 0.5) is 0 Å². The molecule has 68 valence electrons. The number of halogens is 1. The van der Waals surface area contributed by atoms with Crippen LogP contribution in [-0.2, 0) is 4.74 Å². The van der Waals surface area contributed by atoms with Crippen LogP contribution in [0.25, 0.3) is 0 Å². The highest BCUT2D eigenvalue weighted by atomic mass is 127. The van der Waals surface area contributed by atoms with Crippen molar-refractivity contribution >= 4 is 0 Å². The summed E-state index contributed by atoms with van der Waals surface area (Å²) in [6.45, 7) is 2.05. The Morgan fingerprint density at radius 3 is 2.18 bits per heavy atom. The van der Waals surface area contributed by atoms with E-state index >= 15 is 0 Å². The highest BCUT2D eigenvalue weighted by Gasteiger charge is 2.22. The maximum Gasteiger partial charge on any atom is 0.102 e. The van der Waals surface area contributed by atoms with Gasteiger partial charge in [-0.05, 0) is 12.8 Å². The summed E-state index contributed by atoms with van der Waals surface area (Å²) < 4.78 is 6.52. The molecule has 0 radical (unpaired) electrons. The first-order valence-electron chi connectivity index (χ1n) is 4.00. The van der Waals surface area contributed by atoms with Crippen molar-refractivity contribution in [2.45, 2.75) is 18.9 Å². The second-order valence-electron chi connectivity index (χ2n) is 4.08. The molecule has 0 amide bonds. The van der Waals surface area contributed by atoms with Crippen LogP contribution < -0.4 is 24.0 Å². The first kappa shape index (κ1) is 11.6. The van der Waals surface area contributed by atoms with Crippen molar-refractivity contribution in [3.63, 3.8) is 0 Å². The first-order chi connectivity index (χ1) is 4.58. The quantitative estimate of drug-likeness (QED) is 0.419. The van der Waals surface area contributed by atoms with Gasteiger partial charge in [-0.2, -0.15) is 0 Å². The zero-order chi connectivity index (χ0) is 7.61. The molecule has 0 heterocycles. The summed E-state index contributed by atoms with van der Waals surface area (Å²) in [4.78, 5) is 0. The molecule has 0 saturated heterocycles. The minimum Gasteiger partial charge on any atom is -1.00 e. The topological polar surface area (TPSA) is 9.23 Å². The van der Waals surface area contributed by atoms with Crippen molar-refractivity contribution in [3.05, 3.63) is 0 Å². The Hall–Kier alpha value is 0.650. The molecule has 0 aromatic heterocycles. The number of nitrogens with zero attached hydrogens (tertiary/aromatic N) is 1. The van der Waals surface area contributed by atoms with Gasteiger partial charge in [-0.3, -0.25) is 0 Å². The molecule has 0 bridgehead atoms. The zero-order valence-electron chi connectivity index (χ0n) is 7.64. The third-order valence-corrected chi connectivity index (χ3v) is 1.64. The minimum atomic E-state index is 0. The van der Waals surface area contributed by atoms with E-state index < -0.39 is 0 Å². The molecule has 1 fully saturated rings. The van der Waals surface area contributed by atoms with Gasteiger partial charge in [0, 0.05) is 0 Å². The molecule has 0 aromatic carbocycles. The van der Waals surface area contributed by atoms with Gasteiger partial charge in [-0.25, -0.2) is 0 Å². The summed E-state index contributed by atoms with van der Waals surface area (Å²) in [5, 5.41) is 0. The van der Waals surface area contributed by atoms with Gasteiger partial charge in [0.2, 0.25) is 0 Å². The second kappa shape index (κ2) is 4.62. The third-order valence-electron chi connectivity index (χ3n) is 1.64. The minimum absolute atomic E-state index is 0. The summed E-state index contributed by atoms with van der Waals surface area (Å²) in [5.41, 5.74) is 0. The SMILES string of the molecule is C[N+](C)(C)CCOC1CC1.[I-]. The molecule has 3 heteroatoms. The van der Waals surface area contributed by atoms with Crippen LogP contribution >= 0.6 is 0 Å². The molecule has 0 aliphatic heterocycles. The van der Waals surface area contributed by atoms with Gasteiger partial charge in [0.15, 0.2) is 0 Å². The number of hydrogen-bond donors (Lipinski definition) is 0. The highest BCUT2D eigenvalue weighted by molar-refractivity contribution is 4.72. The maximum atomic E-state index is 5.51. The van der Waals surface area contributed by atoms with Crippen molar-refractivity contribution in [2.75, 3.05) is 34.3 Å². The normalized spacial score (nSPS) is 17.7. The Kier molecular flexibility index (Phi) is 4.89. The monoisotopic (exact) mass is 271 g/mol. The Morgan fingerprint density at radius 2 is 1.82 bits per heavy atom. The number of hydrogen-bond acceptors (Lipinski definition) is 1. The smallest absolute Gasteiger partial charge is 0.102 e. The summed E-state index contributed by atoms with van der Waals surface area (Å²) >= 11 is 0. The Labute approximate surface area is 86.5 Å². The lowest BCUT2D eigenvalue weighted by atomic mass is 10.5. The first-order valence-corrected chi connectivity index (χ1v) is 4.00. The van der Waals surface area contributed by atoms with Crippen molar-refractivity contribution < 1.29 is 33.2 Å². The molecule has 1 saturated carbocycles. The van der Waals surface area contributed by atoms with E-state index in [4.69, 9.17) is 4.74 Å². The molecule has 0 spiro atoms.